The molecule has 0 saturated carbocycles. The number of primary amides is 1. The third-order valence-corrected chi connectivity index (χ3v) is 3.66. The molecule has 8 nitrogen and oxygen atoms in total. The summed E-state index contributed by atoms with van der Waals surface area (Å²) in [4.78, 5) is 33.4. The zero-order chi connectivity index (χ0) is 15.9. The zero-order valence-electron chi connectivity index (χ0n) is 12.2. The fraction of sp³-hybridized carbons (Fsp3) is 0.769. The van der Waals surface area contributed by atoms with Crippen molar-refractivity contribution in [3.05, 3.63) is 0 Å². The Kier molecular flexibility index (Phi) is 6.41. The van der Waals surface area contributed by atoms with Crippen molar-refractivity contribution in [1.29, 1.82) is 0 Å². The molecule has 3 amide bonds. The SMILES string of the molecule is CC1(CNC(=O)N[C@@H](CCC(N)=O)C(=O)O)CCOCC1. The lowest BCUT2D eigenvalue weighted by Crippen LogP contribution is -2.49. The number of nitrogens with one attached hydrogen (secondary N) is 2. The van der Waals surface area contributed by atoms with Gasteiger partial charge in [0.25, 0.3) is 0 Å². The average molecular weight is 301 g/mol. The molecule has 1 fully saturated rings. The molecular weight excluding hydrogens is 278 g/mol. The van der Waals surface area contributed by atoms with Crippen LogP contribution >= 0.6 is 0 Å². The molecule has 1 aliphatic heterocycles. The summed E-state index contributed by atoms with van der Waals surface area (Å²) >= 11 is 0. The van der Waals surface area contributed by atoms with Crippen LogP contribution in [0.1, 0.15) is 32.6 Å². The van der Waals surface area contributed by atoms with Crippen molar-refractivity contribution in [3.8, 4) is 0 Å². The van der Waals surface area contributed by atoms with Gasteiger partial charge in [-0.15, -0.1) is 0 Å². The number of urea groups is 1. The lowest BCUT2D eigenvalue weighted by Gasteiger charge is -2.33. The molecule has 0 unspecified atom stereocenters. The van der Waals surface area contributed by atoms with Gasteiger partial charge in [0.05, 0.1) is 0 Å². The Balaban J connectivity index is 2.39. The Morgan fingerprint density at radius 3 is 2.48 bits per heavy atom. The van der Waals surface area contributed by atoms with E-state index in [1.165, 1.54) is 0 Å². The number of nitrogens with two attached hydrogens (primary N) is 1. The average Bonchev–Trinajstić information content (AvgIpc) is 2.41. The quantitative estimate of drug-likeness (QED) is 0.518. The Labute approximate surface area is 123 Å². The highest BCUT2D eigenvalue weighted by Crippen LogP contribution is 2.28. The third kappa shape index (κ3) is 6.44. The Bertz CT molecular complexity index is 393. The number of carboxylic acid groups (broad SMARTS) is 1. The second-order valence-corrected chi connectivity index (χ2v) is 5.65. The van der Waals surface area contributed by atoms with Crippen LogP contribution in [0.25, 0.3) is 0 Å². The van der Waals surface area contributed by atoms with E-state index in [9.17, 15) is 14.4 Å². The van der Waals surface area contributed by atoms with Crippen LogP contribution in [-0.4, -0.2) is 48.8 Å². The fourth-order valence-corrected chi connectivity index (χ4v) is 2.09. The van der Waals surface area contributed by atoms with Crippen LogP contribution in [-0.2, 0) is 14.3 Å². The molecular formula is C13H23N3O5. The molecule has 1 heterocycles. The van der Waals surface area contributed by atoms with Gasteiger partial charge in [0.15, 0.2) is 0 Å². The van der Waals surface area contributed by atoms with E-state index in [2.05, 4.69) is 17.6 Å². The van der Waals surface area contributed by atoms with Gasteiger partial charge in [-0.3, -0.25) is 4.79 Å². The van der Waals surface area contributed by atoms with Gasteiger partial charge >= 0.3 is 12.0 Å². The van der Waals surface area contributed by atoms with Crippen LogP contribution in [0.3, 0.4) is 0 Å². The number of amides is 3. The van der Waals surface area contributed by atoms with Gasteiger partial charge in [-0.05, 0) is 24.7 Å². The van der Waals surface area contributed by atoms with E-state index in [4.69, 9.17) is 15.6 Å². The Morgan fingerprint density at radius 2 is 1.95 bits per heavy atom. The summed E-state index contributed by atoms with van der Waals surface area (Å²) in [7, 11) is 0. The van der Waals surface area contributed by atoms with E-state index >= 15 is 0 Å². The third-order valence-electron chi connectivity index (χ3n) is 3.66. The summed E-state index contributed by atoms with van der Waals surface area (Å²) in [5.41, 5.74) is 4.93. The van der Waals surface area contributed by atoms with Crippen LogP contribution in [0.4, 0.5) is 4.79 Å². The van der Waals surface area contributed by atoms with Crippen LogP contribution in [0.2, 0.25) is 0 Å². The summed E-state index contributed by atoms with van der Waals surface area (Å²) in [5.74, 6) is -1.79. The number of carboxylic acids is 1. The molecule has 120 valence electrons. The largest absolute Gasteiger partial charge is 0.480 e. The van der Waals surface area contributed by atoms with Crippen molar-refractivity contribution in [1.82, 2.24) is 10.6 Å². The second-order valence-electron chi connectivity index (χ2n) is 5.65. The lowest BCUT2D eigenvalue weighted by atomic mass is 9.82. The number of carbonyl (C=O) groups excluding carboxylic acids is 2. The number of aliphatic carboxylic acids is 1. The molecule has 0 radical (unpaired) electrons. The molecule has 0 spiro atoms. The molecule has 1 atom stereocenters. The first-order valence-electron chi connectivity index (χ1n) is 6.96. The van der Waals surface area contributed by atoms with Crippen molar-refractivity contribution in [2.75, 3.05) is 19.8 Å². The van der Waals surface area contributed by atoms with Gasteiger partial charge < -0.3 is 26.2 Å². The van der Waals surface area contributed by atoms with Gasteiger partial charge in [-0.1, -0.05) is 6.92 Å². The van der Waals surface area contributed by atoms with E-state index in [-0.39, 0.29) is 18.3 Å². The monoisotopic (exact) mass is 301 g/mol. The van der Waals surface area contributed by atoms with E-state index < -0.39 is 23.9 Å². The van der Waals surface area contributed by atoms with Gasteiger partial charge in [0.1, 0.15) is 6.04 Å². The predicted octanol–water partition coefficient (Wildman–Crippen LogP) is -0.179. The minimum Gasteiger partial charge on any atom is -0.480 e. The molecule has 0 aromatic rings. The minimum absolute atomic E-state index is 0.0246. The number of rotatable bonds is 7. The lowest BCUT2D eigenvalue weighted by molar-refractivity contribution is -0.139. The predicted molar refractivity (Wildman–Crippen MR) is 74.5 cm³/mol. The van der Waals surface area contributed by atoms with Crippen LogP contribution in [0.5, 0.6) is 0 Å². The first-order valence-corrected chi connectivity index (χ1v) is 6.96. The molecule has 0 aliphatic carbocycles. The van der Waals surface area contributed by atoms with Crippen molar-refractivity contribution in [2.24, 2.45) is 11.1 Å². The van der Waals surface area contributed by atoms with Crippen molar-refractivity contribution in [3.63, 3.8) is 0 Å². The van der Waals surface area contributed by atoms with E-state index in [0.717, 1.165) is 12.8 Å². The van der Waals surface area contributed by atoms with Gasteiger partial charge in [-0.25, -0.2) is 9.59 Å². The topological polar surface area (TPSA) is 131 Å². The van der Waals surface area contributed by atoms with Crippen molar-refractivity contribution < 1.29 is 24.2 Å². The molecule has 0 aromatic heterocycles. The fourth-order valence-electron chi connectivity index (χ4n) is 2.09. The number of hydrogen-bond donors (Lipinski definition) is 4. The highest BCUT2D eigenvalue weighted by atomic mass is 16.5. The first-order chi connectivity index (χ1) is 9.82. The standard InChI is InChI=1S/C13H23N3O5/c1-13(4-6-21-7-5-13)8-15-12(20)16-9(11(18)19)2-3-10(14)17/h9H,2-8H2,1H3,(H2,14,17)(H,18,19)(H2,15,16,20)/t9-/m0/s1. The van der Waals surface area contributed by atoms with E-state index in [1.54, 1.807) is 0 Å². The summed E-state index contributed by atoms with van der Waals surface area (Å²) in [6.45, 7) is 3.83. The molecule has 5 N–H and O–H groups in total. The molecule has 0 bridgehead atoms. The molecule has 1 saturated heterocycles. The minimum atomic E-state index is -1.19. The Hall–Kier alpha value is -1.83. The van der Waals surface area contributed by atoms with Crippen molar-refractivity contribution in [2.45, 2.75) is 38.6 Å². The Morgan fingerprint density at radius 1 is 1.33 bits per heavy atom. The van der Waals surface area contributed by atoms with Crippen LogP contribution in [0.15, 0.2) is 0 Å². The molecule has 8 heteroatoms. The normalized spacial score (nSPS) is 18.5. The highest BCUT2D eigenvalue weighted by molar-refractivity contribution is 5.83. The first kappa shape index (κ1) is 17.2. The van der Waals surface area contributed by atoms with Crippen molar-refractivity contribution >= 4 is 17.9 Å². The number of ether oxygens (including phenoxy) is 1. The number of hydrogen-bond acceptors (Lipinski definition) is 4. The van der Waals surface area contributed by atoms with Gasteiger partial charge in [-0.2, -0.15) is 0 Å². The van der Waals surface area contributed by atoms with Gasteiger partial charge in [0, 0.05) is 26.2 Å². The molecule has 1 aliphatic rings. The summed E-state index contributed by atoms with van der Waals surface area (Å²) in [6.07, 6.45) is 1.57. The summed E-state index contributed by atoms with van der Waals surface area (Å²) in [6, 6.07) is -1.68. The number of carbonyl (C=O) groups is 3. The molecule has 0 aromatic carbocycles. The molecule has 1 rings (SSSR count). The maximum absolute atomic E-state index is 11.8. The smallest absolute Gasteiger partial charge is 0.326 e. The maximum atomic E-state index is 11.8. The summed E-state index contributed by atoms with van der Waals surface area (Å²) in [5, 5.41) is 14.0. The maximum Gasteiger partial charge on any atom is 0.326 e. The van der Waals surface area contributed by atoms with Gasteiger partial charge in [0.2, 0.25) is 5.91 Å². The highest BCUT2D eigenvalue weighted by Gasteiger charge is 2.28. The van der Waals surface area contributed by atoms with Crippen LogP contribution in [0, 0.1) is 5.41 Å². The zero-order valence-corrected chi connectivity index (χ0v) is 12.2. The van der Waals surface area contributed by atoms with E-state index in [1.807, 2.05) is 0 Å². The summed E-state index contributed by atoms with van der Waals surface area (Å²) < 4.78 is 5.27. The van der Waals surface area contributed by atoms with E-state index in [0.29, 0.717) is 19.8 Å². The second kappa shape index (κ2) is 7.82. The molecule has 21 heavy (non-hydrogen) atoms. The van der Waals surface area contributed by atoms with Crippen LogP contribution < -0.4 is 16.4 Å².